The van der Waals surface area contributed by atoms with Gasteiger partial charge in [0.25, 0.3) is 6.01 Å². The van der Waals surface area contributed by atoms with Gasteiger partial charge in [0.15, 0.2) is 10.7 Å². The van der Waals surface area contributed by atoms with E-state index in [-0.39, 0.29) is 0 Å². The van der Waals surface area contributed by atoms with Crippen LogP contribution in [0.4, 0.5) is 6.01 Å². The van der Waals surface area contributed by atoms with E-state index in [0.717, 1.165) is 60.6 Å². The lowest BCUT2D eigenvalue weighted by molar-refractivity contribution is 0.245. The summed E-state index contributed by atoms with van der Waals surface area (Å²) in [7, 11) is 0. The number of rotatable bonds is 4. The lowest BCUT2D eigenvalue weighted by Gasteiger charge is -2.33. The van der Waals surface area contributed by atoms with Crippen LogP contribution in [0.2, 0.25) is 0 Å². The standard InChI is InChI=1S/C17H19N5OS/c1-24-16-18-10-13(11-19-16)12-21-6-8-22(9-7-21)17-20-14-4-2-3-5-15(14)23-17/h2-5,10-11H,6-9,12H2,1H3. The van der Waals surface area contributed by atoms with Crippen LogP contribution in [-0.2, 0) is 6.54 Å². The van der Waals surface area contributed by atoms with Gasteiger partial charge in [-0.05, 0) is 18.4 Å². The second-order valence-electron chi connectivity index (χ2n) is 5.81. The zero-order valence-corrected chi connectivity index (χ0v) is 14.4. The molecule has 0 saturated carbocycles. The second-order valence-corrected chi connectivity index (χ2v) is 6.58. The van der Waals surface area contributed by atoms with Gasteiger partial charge in [-0.3, -0.25) is 4.90 Å². The molecular weight excluding hydrogens is 322 g/mol. The summed E-state index contributed by atoms with van der Waals surface area (Å²) in [5.74, 6) is 0. The van der Waals surface area contributed by atoms with Gasteiger partial charge in [-0.2, -0.15) is 4.98 Å². The fourth-order valence-electron chi connectivity index (χ4n) is 2.88. The molecule has 0 bridgehead atoms. The van der Waals surface area contributed by atoms with Gasteiger partial charge in [-0.25, -0.2) is 9.97 Å². The first-order valence-corrected chi connectivity index (χ1v) is 9.22. The van der Waals surface area contributed by atoms with Gasteiger partial charge >= 0.3 is 0 Å². The van der Waals surface area contributed by atoms with Crippen molar-refractivity contribution < 1.29 is 4.42 Å². The highest BCUT2D eigenvalue weighted by atomic mass is 32.2. The normalized spacial score (nSPS) is 16.0. The molecule has 3 heterocycles. The maximum absolute atomic E-state index is 5.86. The quantitative estimate of drug-likeness (QED) is 0.534. The van der Waals surface area contributed by atoms with Gasteiger partial charge < -0.3 is 9.32 Å². The average Bonchev–Trinajstić information content (AvgIpc) is 3.07. The number of nitrogens with zero attached hydrogens (tertiary/aromatic N) is 5. The molecule has 1 aliphatic heterocycles. The Morgan fingerprint density at radius 3 is 2.54 bits per heavy atom. The predicted molar refractivity (Wildman–Crippen MR) is 95.3 cm³/mol. The molecule has 1 aromatic carbocycles. The summed E-state index contributed by atoms with van der Waals surface area (Å²) in [5.41, 5.74) is 2.92. The van der Waals surface area contributed by atoms with Crippen molar-refractivity contribution in [3.8, 4) is 0 Å². The zero-order valence-electron chi connectivity index (χ0n) is 13.6. The Balaban J connectivity index is 1.37. The molecule has 7 heteroatoms. The largest absolute Gasteiger partial charge is 0.423 e. The molecule has 4 rings (SSSR count). The van der Waals surface area contributed by atoms with Crippen LogP contribution in [0.1, 0.15) is 5.56 Å². The molecular formula is C17H19N5OS. The van der Waals surface area contributed by atoms with Crippen molar-refractivity contribution in [2.24, 2.45) is 0 Å². The van der Waals surface area contributed by atoms with Gasteiger partial charge in [-0.15, -0.1) is 0 Å². The third-order valence-electron chi connectivity index (χ3n) is 4.20. The van der Waals surface area contributed by atoms with Gasteiger partial charge in [0.1, 0.15) is 5.52 Å². The van der Waals surface area contributed by atoms with E-state index in [4.69, 9.17) is 4.42 Å². The highest BCUT2D eigenvalue weighted by molar-refractivity contribution is 7.98. The number of fused-ring (bicyclic) bond motifs is 1. The van der Waals surface area contributed by atoms with E-state index in [9.17, 15) is 0 Å². The summed E-state index contributed by atoms with van der Waals surface area (Å²) in [6.07, 6.45) is 5.83. The summed E-state index contributed by atoms with van der Waals surface area (Å²) >= 11 is 1.56. The van der Waals surface area contributed by atoms with Crippen molar-refractivity contribution in [3.05, 3.63) is 42.2 Å². The molecule has 0 radical (unpaired) electrons. The third kappa shape index (κ3) is 3.22. The van der Waals surface area contributed by atoms with Crippen LogP contribution in [0, 0.1) is 0 Å². The fourth-order valence-corrected chi connectivity index (χ4v) is 3.20. The second kappa shape index (κ2) is 6.78. The summed E-state index contributed by atoms with van der Waals surface area (Å²) < 4.78 is 5.86. The average molecular weight is 341 g/mol. The van der Waals surface area contributed by atoms with Crippen molar-refractivity contribution in [3.63, 3.8) is 0 Å². The number of thioether (sulfide) groups is 1. The van der Waals surface area contributed by atoms with Crippen LogP contribution in [0.3, 0.4) is 0 Å². The van der Waals surface area contributed by atoms with Gasteiger partial charge in [0.2, 0.25) is 0 Å². The Bertz CT molecular complexity index is 778. The monoisotopic (exact) mass is 341 g/mol. The van der Waals surface area contributed by atoms with Crippen molar-refractivity contribution in [1.82, 2.24) is 19.9 Å². The maximum Gasteiger partial charge on any atom is 0.298 e. The summed E-state index contributed by atoms with van der Waals surface area (Å²) in [4.78, 5) is 17.9. The molecule has 0 amide bonds. The van der Waals surface area contributed by atoms with Gasteiger partial charge in [0, 0.05) is 50.7 Å². The summed E-state index contributed by atoms with van der Waals surface area (Å²) in [6.45, 7) is 4.66. The number of para-hydroxylation sites is 2. The Morgan fingerprint density at radius 2 is 1.83 bits per heavy atom. The minimum Gasteiger partial charge on any atom is -0.423 e. The fraction of sp³-hybridized carbons (Fsp3) is 0.353. The SMILES string of the molecule is CSc1ncc(CN2CCN(c3nc4ccccc4o3)CC2)cn1. The number of oxazole rings is 1. The first-order valence-electron chi connectivity index (χ1n) is 7.99. The van der Waals surface area contributed by atoms with E-state index in [2.05, 4.69) is 24.8 Å². The number of benzene rings is 1. The number of piperazine rings is 1. The Hall–Kier alpha value is -2.12. The lowest BCUT2D eigenvalue weighted by Crippen LogP contribution is -2.46. The Kier molecular flexibility index (Phi) is 4.36. The molecule has 0 spiro atoms. The first kappa shape index (κ1) is 15.4. The van der Waals surface area contributed by atoms with Crippen LogP contribution in [0.5, 0.6) is 0 Å². The molecule has 3 aromatic rings. The molecule has 0 atom stereocenters. The molecule has 0 aliphatic carbocycles. The highest BCUT2D eigenvalue weighted by Crippen LogP contribution is 2.22. The minimum absolute atomic E-state index is 0.725. The molecule has 2 aromatic heterocycles. The van der Waals surface area contributed by atoms with E-state index in [1.54, 1.807) is 11.8 Å². The summed E-state index contributed by atoms with van der Waals surface area (Å²) in [5, 5.41) is 0.819. The molecule has 0 N–H and O–H groups in total. The number of hydrogen-bond donors (Lipinski definition) is 0. The first-order chi connectivity index (χ1) is 11.8. The lowest BCUT2D eigenvalue weighted by atomic mass is 10.2. The van der Waals surface area contributed by atoms with E-state index in [1.807, 2.05) is 42.9 Å². The summed E-state index contributed by atoms with van der Waals surface area (Å²) in [6, 6.07) is 8.62. The molecule has 1 saturated heterocycles. The van der Waals surface area contributed by atoms with E-state index in [1.165, 1.54) is 0 Å². The minimum atomic E-state index is 0.725. The third-order valence-corrected chi connectivity index (χ3v) is 4.77. The van der Waals surface area contributed by atoms with Crippen molar-refractivity contribution in [2.75, 3.05) is 37.3 Å². The van der Waals surface area contributed by atoms with E-state index >= 15 is 0 Å². The molecule has 1 aliphatic rings. The Morgan fingerprint density at radius 1 is 1.08 bits per heavy atom. The number of hydrogen-bond acceptors (Lipinski definition) is 7. The molecule has 0 unspecified atom stereocenters. The van der Waals surface area contributed by atoms with Crippen LogP contribution in [0.25, 0.3) is 11.1 Å². The van der Waals surface area contributed by atoms with Crippen LogP contribution in [-0.4, -0.2) is 52.3 Å². The van der Waals surface area contributed by atoms with Crippen LogP contribution >= 0.6 is 11.8 Å². The maximum atomic E-state index is 5.86. The molecule has 6 nitrogen and oxygen atoms in total. The van der Waals surface area contributed by atoms with Crippen LogP contribution in [0.15, 0.2) is 46.2 Å². The highest BCUT2D eigenvalue weighted by Gasteiger charge is 2.21. The smallest absolute Gasteiger partial charge is 0.298 e. The number of anilines is 1. The Labute approximate surface area is 144 Å². The van der Waals surface area contributed by atoms with E-state index < -0.39 is 0 Å². The zero-order chi connectivity index (χ0) is 16.4. The topological polar surface area (TPSA) is 58.3 Å². The van der Waals surface area contributed by atoms with Crippen molar-refractivity contribution in [2.45, 2.75) is 11.7 Å². The van der Waals surface area contributed by atoms with Crippen molar-refractivity contribution >= 4 is 28.9 Å². The van der Waals surface area contributed by atoms with Gasteiger partial charge in [-0.1, -0.05) is 23.9 Å². The van der Waals surface area contributed by atoms with Crippen molar-refractivity contribution in [1.29, 1.82) is 0 Å². The number of aromatic nitrogens is 3. The van der Waals surface area contributed by atoms with E-state index in [0.29, 0.717) is 0 Å². The molecule has 124 valence electrons. The molecule has 1 fully saturated rings. The van der Waals surface area contributed by atoms with Crippen LogP contribution < -0.4 is 4.90 Å². The molecule has 24 heavy (non-hydrogen) atoms. The predicted octanol–water partition coefficient (Wildman–Crippen LogP) is 2.66. The van der Waals surface area contributed by atoms with Gasteiger partial charge in [0.05, 0.1) is 0 Å².